The summed E-state index contributed by atoms with van der Waals surface area (Å²) in [4.78, 5) is 17.6. The number of aromatic nitrogens is 5. The summed E-state index contributed by atoms with van der Waals surface area (Å²) in [5.41, 5.74) is 1.67. The van der Waals surface area contributed by atoms with Crippen LogP contribution in [0.2, 0.25) is 0 Å². The topological polar surface area (TPSA) is 65.1 Å². The molecule has 0 aromatic carbocycles. The summed E-state index contributed by atoms with van der Waals surface area (Å²) in [5.74, 6) is 2.19. The van der Waals surface area contributed by atoms with Gasteiger partial charge < -0.3 is 4.57 Å². The van der Waals surface area contributed by atoms with Crippen molar-refractivity contribution in [2.24, 2.45) is 0 Å². The first kappa shape index (κ1) is 15.6. The quantitative estimate of drug-likeness (QED) is 0.500. The molecule has 0 bridgehead atoms. The van der Waals surface area contributed by atoms with Gasteiger partial charge in [-0.25, -0.2) is 4.98 Å². The third-order valence-corrected chi connectivity index (χ3v) is 5.92. The van der Waals surface area contributed by atoms with Crippen LogP contribution in [0.4, 0.5) is 0 Å². The Morgan fingerprint density at radius 1 is 1.46 bits per heavy atom. The maximum Gasteiger partial charge on any atom is 0.258 e. The highest BCUT2D eigenvalue weighted by molar-refractivity contribution is 7.98. The average Bonchev–Trinajstić information content (AvgIpc) is 3.22. The first-order valence-electron chi connectivity index (χ1n) is 7.81. The van der Waals surface area contributed by atoms with Crippen molar-refractivity contribution in [2.45, 2.75) is 43.1 Å². The highest BCUT2D eigenvalue weighted by Crippen LogP contribution is 2.40. The van der Waals surface area contributed by atoms with E-state index in [1.807, 2.05) is 18.4 Å². The van der Waals surface area contributed by atoms with Crippen molar-refractivity contribution in [3.8, 4) is 0 Å². The fraction of sp³-hybridized carbons (Fsp3) is 0.375. The number of aryl methyl sites for hydroxylation is 1. The number of fused-ring (bicyclic) bond motifs is 1. The summed E-state index contributed by atoms with van der Waals surface area (Å²) in [6, 6.07) is 1.61. The SMILES string of the molecule is C=CCn1c(SCc2cc(=O)n3c(C)csc3n2)nnc1C1CC1. The Kier molecular flexibility index (Phi) is 4.01. The van der Waals surface area contributed by atoms with Gasteiger partial charge in [0, 0.05) is 35.4 Å². The Hall–Kier alpha value is -1.93. The van der Waals surface area contributed by atoms with Crippen LogP contribution >= 0.6 is 23.1 Å². The van der Waals surface area contributed by atoms with Crippen molar-refractivity contribution < 1.29 is 0 Å². The van der Waals surface area contributed by atoms with Gasteiger partial charge in [-0.2, -0.15) is 0 Å². The normalized spacial score (nSPS) is 14.4. The fourth-order valence-corrected chi connectivity index (χ4v) is 4.40. The Labute approximate surface area is 147 Å². The van der Waals surface area contributed by atoms with E-state index in [9.17, 15) is 4.79 Å². The third kappa shape index (κ3) is 2.80. The Balaban J connectivity index is 1.59. The minimum atomic E-state index is -0.0272. The van der Waals surface area contributed by atoms with Gasteiger partial charge in [0.1, 0.15) is 5.82 Å². The fourth-order valence-electron chi connectivity index (χ4n) is 2.66. The van der Waals surface area contributed by atoms with Crippen molar-refractivity contribution in [3.63, 3.8) is 0 Å². The highest BCUT2D eigenvalue weighted by Gasteiger charge is 2.30. The van der Waals surface area contributed by atoms with Crippen LogP contribution in [-0.2, 0) is 12.3 Å². The molecule has 24 heavy (non-hydrogen) atoms. The van der Waals surface area contributed by atoms with Crippen LogP contribution in [0, 0.1) is 6.92 Å². The Morgan fingerprint density at radius 2 is 2.29 bits per heavy atom. The van der Waals surface area contributed by atoms with E-state index in [-0.39, 0.29) is 5.56 Å². The van der Waals surface area contributed by atoms with E-state index < -0.39 is 0 Å². The van der Waals surface area contributed by atoms with Gasteiger partial charge in [-0.05, 0) is 19.8 Å². The van der Waals surface area contributed by atoms with Crippen molar-refractivity contribution in [3.05, 3.63) is 51.7 Å². The molecule has 1 fully saturated rings. The van der Waals surface area contributed by atoms with Gasteiger partial charge in [0.25, 0.3) is 5.56 Å². The smallest absolute Gasteiger partial charge is 0.258 e. The number of allylic oxidation sites excluding steroid dienone is 1. The summed E-state index contributed by atoms with van der Waals surface area (Å²) in [6.45, 7) is 6.45. The number of thiazole rings is 1. The summed E-state index contributed by atoms with van der Waals surface area (Å²) in [6.07, 6.45) is 4.24. The number of rotatable bonds is 6. The molecule has 0 N–H and O–H groups in total. The number of hydrogen-bond acceptors (Lipinski definition) is 6. The molecule has 0 spiro atoms. The lowest BCUT2D eigenvalue weighted by molar-refractivity contribution is 0.681. The minimum Gasteiger partial charge on any atom is -0.302 e. The summed E-state index contributed by atoms with van der Waals surface area (Å²) in [7, 11) is 0. The second kappa shape index (κ2) is 6.18. The number of hydrogen-bond donors (Lipinski definition) is 0. The molecule has 6 nitrogen and oxygen atoms in total. The summed E-state index contributed by atoms with van der Waals surface area (Å²) in [5, 5.41) is 11.5. The van der Waals surface area contributed by atoms with Crippen LogP contribution in [0.1, 0.15) is 36.0 Å². The van der Waals surface area contributed by atoms with Gasteiger partial charge in [0.2, 0.25) is 0 Å². The van der Waals surface area contributed by atoms with Gasteiger partial charge >= 0.3 is 0 Å². The van der Waals surface area contributed by atoms with E-state index in [1.165, 1.54) is 24.2 Å². The lowest BCUT2D eigenvalue weighted by Crippen LogP contribution is -2.14. The van der Waals surface area contributed by atoms with Crippen LogP contribution in [0.3, 0.4) is 0 Å². The highest BCUT2D eigenvalue weighted by atomic mass is 32.2. The average molecular weight is 359 g/mol. The lowest BCUT2D eigenvalue weighted by atomic mass is 10.4. The van der Waals surface area contributed by atoms with Crippen LogP contribution in [0.5, 0.6) is 0 Å². The third-order valence-electron chi connectivity index (χ3n) is 3.98. The number of nitrogens with zero attached hydrogens (tertiary/aromatic N) is 5. The molecule has 0 amide bonds. The molecule has 1 aliphatic carbocycles. The second-order valence-electron chi connectivity index (χ2n) is 5.88. The van der Waals surface area contributed by atoms with E-state index in [2.05, 4.69) is 26.3 Å². The van der Waals surface area contributed by atoms with E-state index >= 15 is 0 Å². The van der Waals surface area contributed by atoms with Crippen LogP contribution < -0.4 is 5.56 Å². The minimum absolute atomic E-state index is 0.0272. The van der Waals surface area contributed by atoms with Crippen molar-refractivity contribution >= 4 is 28.1 Å². The maximum absolute atomic E-state index is 12.2. The largest absolute Gasteiger partial charge is 0.302 e. The van der Waals surface area contributed by atoms with Crippen LogP contribution in [0.25, 0.3) is 4.96 Å². The van der Waals surface area contributed by atoms with Crippen LogP contribution in [-0.4, -0.2) is 24.1 Å². The van der Waals surface area contributed by atoms with Crippen LogP contribution in [0.15, 0.2) is 34.1 Å². The molecule has 8 heteroatoms. The van der Waals surface area contributed by atoms with Crippen molar-refractivity contribution in [1.29, 1.82) is 0 Å². The molecule has 1 saturated carbocycles. The zero-order valence-electron chi connectivity index (χ0n) is 13.3. The van der Waals surface area contributed by atoms with Gasteiger partial charge in [-0.3, -0.25) is 9.20 Å². The lowest BCUT2D eigenvalue weighted by Gasteiger charge is -2.06. The predicted molar refractivity (Wildman–Crippen MR) is 95.8 cm³/mol. The van der Waals surface area contributed by atoms with Gasteiger partial charge in [-0.15, -0.1) is 28.1 Å². The molecule has 0 aliphatic heterocycles. The molecular formula is C16H17N5OS2. The molecule has 0 radical (unpaired) electrons. The first-order valence-corrected chi connectivity index (χ1v) is 9.67. The summed E-state index contributed by atoms with van der Waals surface area (Å²) < 4.78 is 3.76. The molecule has 0 saturated heterocycles. The maximum atomic E-state index is 12.2. The molecule has 3 aromatic rings. The molecule has 3 heterocycles. The second-order valence-corrected chi connectivity index (χ2v) is 7.66. The van der Waals surface area contributed by atoms with Gasteiger partial charge in [0.05, 0.1) is 5.69 Å². The molecule has 124 valence electrons. The van der Waals surface area contributed by atoms with E-state index in [4.69, 9.17) is 0 Å². The molecule has 4 rings (SSSR count). The van der Waals surface area contributed by atoms with Crippen molar-refractivity contribution in [1.82, 2.24) is 24.1 Å². The zero-order valence-corrected chi connectivity index (χ0v) is 14.9. The molecule has 0 unspecified atom stereocenters. The van der Waals surface area contributed by atoms with E-state index in [0.717, 1.165) is 27.3 Å². The number of thioether (sulfide) groups is 1. The standard InChI is InChI=1S/C16H17N5OS2/c1-3-6-20-14(11-4-5-11)18-19-16(20)24-9-12-7-13(22)21-10(2)8-23-15(21)17-12/h3,7-8,11H,1,4-6,9H2,2H3. The van der Waals surface area contributed by atoms with E-state index in [1.54, 1.807) is 22.2 Å². The molecule has 1 aliphatic rings. The van der Waals surface area contributed by atoms with E-state index in [0.29, 0.717) is 18.2 Å². The van der Waals surface area contributed by atoms with Gasteiger partial charge in [-0.1, -0.05) is 17.8 Å². The molecule has 0 atom stereocenters. The molecular weight excluding hydrogens is 342 g/mol. The predicted octanol–water partition coefficient (Wildman–Crippen LogP) is 3.01. The van der Waals surface area contributed by atoms with Crippen molar-refractivity contribution in [2.75, 3.05) is 0 Å². The Morgan fingerprint density at radius 3 is 3.04 bits per heavy atom. The van der Waals surface area contributed by atoms with Gasteiger partial charge in [0.15, 0.2) is 10.1 Å². The Bertz CT molecular complexity index is 967. The first-order chi connectivity index (χ1) is 11.7. The zero-order chi connectivity index (χ0) is 16.7. The summed E-state index contributed by atoms with van der Waals surface area (Å²) >= 11 is 3.05. The monoisotopic (exact) mass is 359 g/mol. The molecule has 3 aromatic heterocycles.